The van der Waals surface area contributed by atoms with E-state index in [1.165, 1.54) is 0 Å². The van der Waals surface area contributed by atoms with Crippen molar-refractivity contribution in [3.05, 3.63) is 0 Å². The number of ether oxygens (including phenoxy) is 2. The van der Waals surface area contributed by atoms with Gasteiger partial charge in [-0.2, -0.15) is 0 Å². The van der Waals surface area contributed by atoms with E-state index in [0.717, 1.165) is 19.5 Å². The monoisotopic (exact) mass is 428 g/mol. The number of amides is 1. The fourth-order valence-corrected chi connectivity index (χ4v) is 2.18. The Bertz CT molecular complexity index is 347. The summed E-state index contributed by atoms with van der Waals surface area (Å²) in [5, 5.41) is 2.84. The van der Waals surface area contributed by atoms with Crippen LogP contribution in [0.5, 0.6) is 0 Å². The normalized spacial score (nSPS) is 16.9. The third-order valence-electron chi connectivity index (χ3n) is 3.16. The van der Waals surface area contributed by atoms with E-state index in [1.807, 2.05) is 4.90 Å². The number of hydrogen-bond acceptors (Lipinski definition) is 4. The molecule has 0 radical (unpaired) electrons. The van der Waals surface area contributed by atoms with Crippen molar-refractivity contribution in [3.8, 4) is 0 Å². The smallest absolute Gasteiger partial charge is 0.407 e. The summed E-state index contributed by atoms with van der Waals surface area (Å²) in [6, 6.07) is -0.0661. The zero-order valence-corrected chi connectivity index (χ0v) is 16.0. The van der Waals surface area contributed by atoms with Crippen molar-refractivity contribution < 1.29 is 14.3 Å². The van der Waals surface area contributed by atoms with Crippen LogP contribution in [-0.2, 0) is 9.47 Å². The van der Waals surface area contributed by atoms with E-state index < -0.39 is 6.09 Å². The molecule has 130 valence electrons. The fraction of sp³-hybridized carbons (Fsp3) is 0.857. The molecule has 7 nitrogen and oxygen atoms in total. The standard InChI is InChI=1S/C14H28N4O3.HI/c1-4-21-14(19)17-12(9-11(2)3)10-16-13(15)18-5-7-20-8-6-18;/h11-12H,4-10H2,1-3H3,(H2,15,16)(H,17,19);1H. The maximum atomic E-state index is 11.5. The molecule has 22 heavy (non-hydrogen) atoms. The van der Waals surface area contributed by atoms with Crippen LogP contribution in [0.3, 0.4) is 0 Å². The van der Waals surface area contributed by atoms with Gasteiger partial charge in [0.2, 0.25) is 0 Å². The number of aliphatic imine (C=N–C) groups is 1. The molecule has 0 saturated carbocycles. The Balaban J connectivity index is 0.00000441. The van der Waals surface area contributed by atoms with Crippen molar-refractivity contribution in [2.45, 2.75) is 33.2 Å². The number of nitrogens with two attached hydrogens (primary N) is 1. The van der Waals surface area contributed by atoms with E-state index in [2.05, 4.69) is 24.2 Å². The van der Waals surface area contributed by atoms with Crippen LogP contribution in [0.1, 0.15) is 27.2 Å². The highest BCUT2D eigenvalue weighted by atomic mass is 127. The topological polar surface area (TPSA) is 89.2 Å². The van der Waals surface area contributed by atoms with E-state index in [-0.39, 0.29) is 30.0 Å². The summed E-state index contributed by atoms with van der Waals surface area (Å²) in [6.07, 6.45) is 0.432. The molecule has 1 saturated heterocycles. The number of hydrogen-bond donors (Lipinski definition) is 2. The first-order valence-electron chi connectivity index (χ1n) is 7.58. The number of halogens is 1. The Morgan fingerprint density at radius 3 is 2.59 bits per heavy atom. The lowest BCUT2D eigenvalue weighted by Crippen LogP contribution is -2.46. The highest BCUT2D eigenvalue weighted by molar-refractivity contribution is 14.0. The summed E-state index contributed by atoms with van der Waals surface area (Å²) < 4.78 is 10.2. The van der Waals surface area contributed by atoms with Crippen molar-refractivity contribution in [1.29, 1.82) is 0 Å². The molecule has 3 N–H and O–H groups in total. The lowest BCUT2D eigenvalue weighted by atomic mass is 10.0. The molecule has 1 amide bonds. The zero-order valence-electron chi connectivity index (χ0n) is 13.7. The first-order chi connectivity index (χ1) is 10.0. The minimum Gasteiger partial charge on any atom is -0.450 e. The zero-order chi connectivity index (χ0) is 15.7. The number of alkyl carbamates (subject to hydrolysis) is 1. The van der Waals surface area contributed by atoms with Gasteiger partial charge in [-0.25, -0.2) is 4.79 Å². The van der Waals surface area contributed by atoms with Crippen LogP contribution in [0, 0.1) is 5.92 Å². The number of carbonyl (C=O) groups is 1. The quantitative estimate of drug-likeness (QED) is 0.380. The third-order valence-corrected chi connectivity index (χ3v) is 3.16. The first-order valence-corrected chi connectivity index (χ1v) is 7.58. The summed E-state index contributed by atoms with van der Waals surface area (Å²) in [6.45, 7) is 9.68. The van der Waals surface area contributed by atoms with Gasteiger partial charge in [-0.1, -0.05) is 13.8 Å². The van der Waals surface area contributed by atoms with Gasteiger partial charge in [0.25, 0.3) is 0 Å². The molecule has 8 heteroatoms. The van der Waals surface area contributed by atoms with Gasteiger partial charge in [0.1, 0.15) is 0 Å². The molecule has 0 bridgehead atoms. The van der Waals surface area contributed by atoms with Crippen LogP contribution in [-0.4, -0.2) is 62.4 Å². The summed E-state index contributed by atoms with van der Waals surface area (Å²) in [5.41, 5.74) is 5.99. The van der Waals surface area contributed by atoms with Crippen molar-refractivity contribution >= 4 is 36.0 Å². The van der Waals surface area contributed by atoms with Crippen LogP contribution in [0.15, 0.2) is 4.99 Å². The number of morpholine rings is 1. The number of nitrogens with one attached hydrogen (secondary N) is 1. The molecule has 1 aliphatic heterocycles. The second kappa shape index (κ2) is 11.8. The maximum absolute atomic E-state index is 11.5. The van der Waals surface area contributed by atoms with Crippen LogP contribution in [0.2, 0.25) is 0 Å². The maximum Gasteiger partial charge on any atom is 0.407 e. The fourth-order valence-electron chi connectivity index (χ4n) is 2.18. The van der Waals surface area contributed by atoms with E-state index in [4.69, 9.17) is 15.2 Å². The van der Waals surface area contributed by atoms with E-state index >= 15 is 0 Å². The average Bonchev–Trinajstić information content (AvgIpc) is 2.45. The second-order valence-corrected chi connectivity index (χ2v) is 5.49. The molecule has 1 heterocycles. The minimum atomic E-state index is -0.400. The highest BCUT2D eigenvalue weighted by Gasteiger charge is 2.16. The van der Waals surface area contributed by atoms with Gasteiger partial charge < -0.3 is 25.4 Å². The molecular weight excluding hydrogens is 399 g/mol. The van der Waals surface area contributed by atoms with Crippen LogP contribution in [0.4, 0.5) is 4.79 Å². The first kappa shape index (κ1) is 21.2. The Hall–Kier alpha value is -0.770. The summed E-state index contributed by atoms with van der Waals surface area (Å²) >= 11 is 0. The number of carbonyl (C=O) groups excluding carboxylic acids is 1. The highest BCUT2D eigenvalue weighted by Crippen LogP contribution is 2.06. The Labute approximate surface area is 150 Å². The van der Waals surface area contributed by atoms with Gasteiger partial charge in [0.05, 0.1) is 32.4 Å². The van der Waals surface area contributed by atoms with E-state index in [1.54, 1.807) is 6.92 Å². The molecule has 1 unspecified atom stereocenters. The van der Waals surface area contributed by atoms with Crippen LogP contribution < -0.4 is 11.1 Å². The third kappa shape index (κ3) is 8.62. The summed E-state index contributed by atoms with van der Waals surface area (Å²) in [5.74, 6) is 0.967. The number of rotatable bonds is 6. The number of nitrogens with zero attached hydrogens (tertiary/aromatic N) is 2. The molecule has 1 atom stereocenters. The minimum absolute atomic E-state index is 0. The van der Waals surface area contributed by atoms with Gasteiger partial charge in [0.15, 0.2) is 5.96 Å². The van der Waals surface area contributed by atoms with Gasteiger partial charge in [0, 0.05) is 13.1 Å². The van der Waals surface area contributed by atoms with Gasteiger partial charge in [-0.05, 0) is 19.3 Å². The molecule has 1 rings (SSSR count). The molecule has 1 aliphatic rings. The van der Waals surface area contributed by atoms with Crippen molar-refractivity contribution in [3.63, 3.8) is 0 Å². The molecule has 0 spiro atoms. The van der Waals surface area contributed by atoms with Crippen molar-refractivity contribution in [2.75, 3.05) is 39.5 Å². The molecule has 0 aliphatic carbocycles. The van der Waals surface area contributed by atoms with Gasteiger partial charge in [-0.15, -0.1) is 24.0 Å². The predicted molar refractivity (Wildman–Crippen MR) is 97.7 cm³/mol. The van der Waals surface area contributed by atoms with Crippen LogP contribution in [0.25, 0.3) is 0 Å². The largest absolute Gasteiger partial charge is 0.450 e. The Morgan fingerprint density at radius 2 is 2.05 bits per heavy atom. The molecule has 0 aromatic carbocycles. The van der Waals surface area contributed by atoms with E-state index in [9.17, 15) is 4.79 Å². The van der Waals surface area contributed by atoms with E-state index in [0.29, 0.717) is 38.2 Å². The second-order valence-electron chi connectivity index (χ2n) is 5.49. The molecular formula is C14H29IN4O3. The Morgan fingerprint density at radius 1 is 1.41 bits per heavy atom. The summed E-state index contributed by atoms with van der Waals surface area (Å²) in [7, 11) is 0. The van der Waals surface area contributed by atoms with Crippen LogP contribution >= 0.6 is 24.0 Å². The molecule has 0 aromatic rings. The average molecular weight is 428 g/mol. The van der Waals surface area contributed by atoms with Gasteiger partial charge >= 0.3 is 6.09 Å². The van der Waals surface area contributed by atoms with Crippen molar-refractivity contribution in [2.24, 2.45) is 16.6 Å². The lowest BCUT2D eigenvalue weighted by Gasteiger charge is -2.28. The number of guanidine groups is 1. The van der Waals surface area contributed by atoms with Gasteiger partial charge in [-0.3, -0.25) is 4.99 Å². The van der Waals surface area contributed by atoms with Crippen molar-refractivity contribution in [1.82, 2.24) is 10.2 Å². The predicted octanol–water partition coefficient (Wildman–Crippen LogP) is 1.41. The summed E-state index contributed by atoms with van der Waals surface area (Å²) in [4.78, 5) is 18.0. The Kier molecular flexibility index (Phi) is 11.3. The molecule has 1 fully saturated rings. The molecule has 0 aromatic heterocycles. The lowest BCUT2D eigenvalue weighted by molar-refractivity contribution is 0.0674. The SMILES string of the molecule is CCOC(=O)NC(CN=C(N)N1CCOCC1)CC(C)C.I.